The zero-order valence-electron chi connectivity index (χ0n) is 24.4. The number of sulfonamides is 1. The van der Waals surface area contributed by atoms with Crippen molar-refractivity contribution in [3.05, 3.63) is 138 Å². The van der Waals surface area contributed by atoms with Gasteiger partial charge in [-0.15, -0.1) is 0 Å². The molecule has 0 radical (unpaired) electrons. The maximum absolute atomic E-state index is 14.1. The first-order chi connectivity index (χ1) is 20.7. The van der Waals surface area contributed by atoms with Crippen LogP contribution in [0, 0.1) is 0 Å². The molecule has 43 heavy (non-hydrogen) atoms. The maximum Gasteiger partial charge on any atom is 0.243 e. The van der Waals surface area contributed by atoms with E-state index in [1.807, 2.05) is 115 Å². The first-order valence-corrected chi connectivity index (χ1v) is 15.8. The number of rotatable bonds is 14. The topological polar surface area (TPSA) is 96.0 Å². The van der Waals surface area contributed by atoms with Crippen LogP contribution in [-0.2, 0) is 45.7 Å². The number of methoxy groups -OCH3 is 1. The van der Waals surface area contributed by atoms with Crippen molar-refractivity contribution in [1.82, 2.24) is 14.5 Å². The second kappa shape index (κ2) is 15.1. The molecule has 224 valence electrons. The summed E-state index contributed by atoms with van der Waals surface area (Å²) in [5.74, 6) is -0.0914. The molecule has 0 spiro atoms. The second-order valence-corrected chi connectivity index (χ2v) is 12.3. The molecule has 4 aromatic carbocycles. The van der Waals surface area contributed by atoms with Crippen molar-refractivity contribution in [3.8, 4) is 5.75 Å². The number of amides is 2. The third-order valence-electron chi connectivity index (χ3n) is 7.08. The van der Waals surface area contributed by atoms with E-state index in [0.717, 1.165) is 32.8 Å². The Hall–Kier alpha value is -4.47. The summed E-state index contributed by atoms with van der Waals surface area (Å²) in [5.41, 5.74) is 3.33. The number of hydrogen-bond acceptors (Lipinski definition) is 5. The summed E-state index contributed by atoms with van der Waals surface area (Å²) >= 11 is 0. The van der Waals surface area contributed by atoms with Gasteiger partial charge in [-0.25, -0.2) is 8.42 Å². The highest BCUT2D eigenvalue weighted by Gasteiger charge is 2.32. The van der Waals surface area contributed by atoms with Crippen molar-refractivity contribution in [2.45, 2.75) is 32.1 Å². The first-order valence-electron chi connectivity index (χ1n) is 14.0. The third-order valence-corrected chi connectivity index (χ3v) is 8.27. The van der Waals surface area contributed by atoms with Gasteiger partial charge in [0, 0.05) is 26.1 Å². The molecule has 4 aromatic rings. The SMILES string of the molecule is COc1ccc(CNC(=O)[C@H](Cc2ccccc2)N(Cc2ccccc2)C(=O)CN(Cc2ccccc2)S(C)(=O)=O)cc1. The van der Waals surface area contributed by atoms with Gasteiger partial charge in [-0.3, -0.25) is 9.59 Å². The second-order valence-electron chi connectivity index (χ2n) is 10.3. The molecule has 0 fully saturated rings. The van der Waals surface area contributed by atoms with E-state index in [0.29, 0.717) is 5.75 Å². The van der Waals surface area contributed by atoms with Crippen LogP contribution < -0.4 is 10.1 Å². The van der Waals surface area contributed by atoms with Crippen molar-refractivity contribution in [3.63, 3.8) is 0 Å². The molecule has 0 saturated heterocycles. The van der Waals surface area contributed by atoms with E-state index in [1.165, 1.54) is 4.90 Å². The predicted octanol–water partition coefficient (Wildman–Crippen LogP) is 4.41. The highest BCUT2D eigenvalue weighted by atomic mass is 32.2. The van der Waals surface area contributed by atoms with Gasteiger partial charge in [0.25, 0.3) is 0 Å². The number of nitrogens with one attached hydrogen (secondary N) is 1. The third kappa shape index (κ3) is 9.52. The fourth-order valence-corrected chi connectivity index (χ4v) is 5.43. The Labute approximate surface area is 254 Å². The van der Waals surface area contributed by atoms with Gasteiger partial charge in [0.15, 0.2) is 0 Å². The smallest absolute Gasteiger partial charge is 0.243 e. The Morgan fingerprint density at radius 1 is 0.721 bits per heavy atom. The number of ether oxygens (including phenoxy) is 1. The highest BCUT2D eigenvalue weighted by Crippen LogP contribution is 2.18. The van der Waals surface area contributed by atoms with Gasteiger partial charge >= 0.3 is 0 Å². The van der Waals surface area contributed by atoms with Crippen LogP contribution in [-0.4, -0.2) is 55.4 Å². The molecule has 0 aromatic heterocycles. The zero-order valence-corrected chi connectivity index (χ0v) is 25.2. The van der Waals surface area contributed by atoms with Crippen LogP contribution in [0.25, 0.3) is 0 Å². The fourth-order valence-electron chi connectivity index (χ4n) is 4.70. The zero-order chi connectivity index (χ0) is 30.7. The molecule has 0 aliphatic carbocycles. The average Bonchev–Trinajstić information content (AvgIpc) is 3.02. The van der Waals surface area contributed by atoms with Gasteiger partial charge in [0.1, 0.15) is 11.8 Å². The van der Waals surface area contributed by atoms with E-state index in [9.17, 15) is 18.0 Å². The van der Waals surface area contributed by atoms with Crippen LogP contribution in [0.3, 0.4) is 0 Å². The first kappa shape index (κ1) is 31.5. The summed E-state index contributed by atoms with van der Waals surface area (Å²) in [6, 6.07) is 34.5. The fraction of sp³-hybridized carbons (Fsp3) is 0.235. The lowest BCUT2D eigenvalue weighted by molar-refractivity contribution is -0.141. The van der Waals surface area contributed by atoms with Gasteiger partial charge in [0.05, 0.1) is 19.9 Å². The summed E-state index contributed by atoms with van der Waals surface area (Å²) in [6.45, 7) is 0.0241. The molecule has 2 amide bonds. The van der Waals surface area contributed by atoms with E-state index in [1.54, 1.807) is 7.11 Å². The molecule has 0 unspecified atom stereocenters. The Bertz CT molecular complexity index is 1570. The molecule has 9 heteroatoms. The average molecular weight is 600 g/mol. The highest BCUT2D eigenvalue weighted by molar-refractivity contribution is 7.88. The van der Waals surface area contributed by atoms with Gasteiger partial charge in [0.2, 0.25) is 21.8 Å². The molecular formula is C34H37N3O5S. The normalized spacial score (nSPS) is 12.0. The molecule has 0 aliphatic heterocycles. The Morgan fingerprint density at radius 2 is 1.23 bits per heavy atom. The molecule has 0 bridgehead atoms. The van der Waals surface area contributed by atoms with Crippen LogP contribution >= 0.6 is 0 Å². The summed E-state index contributed by atoms with van der Waals surface area (Å²) in [5, 5.41) is 3.00. The predicted molar refractivity (Wildman–Crippen MR) is 167 cm³/mol. The van der Waals surface area contributed by atoms with Crippen LogP contribution in [0.1, 0.15) is 22.3 Å². The van der Waals surface area contributed by atoms with Crippen molar-refractivity contribution in [2.24, 2.45) is 0 Å². The van der Waals surface area contributed by atoms with Crippen molar-refractivity contribution < 1.29 is 22.7 Å². The lowest BCUT2D eigenvalue weighted by atomic mass is 10.0. The Kier molecular flexibility index (Phi) is 11.1. The Balaban J connectivity index is 1.65. The molecule has 1 N–H and O–H groups in total. The summed E-state index contributed by atoms with van der Waals surface area (Å²) in [7, 11) is -2.16. The minimum Gasteiger partial charge on any atom is -0.497 e. The minimum absolute atomic E-state index is 0.0393. The van der Waals surface area contributed by atoms with Gasteiger partial charge in [-0.1, -0.05) is 103 Å². The quantitative estimate of drug-likeness (QED) is 0.232. The number of benzene rings is 4. The van der Waals surface area contributed by atoms with Crippen molar-refractivity contribution in [2.75, 3.05) is 19.9 Å². The molecule has 1 atom stereocenters. The van der Waals surface area contributed by atoms with Crippen LogP contribution in [0.15, 0.2) is 115 Å². The Morgan fingerprint density at radius 3 is 1.74 bits per heavy atom. The minimum atomic E-state index is -3.75. The van der Waals surface area contributed by atoms with Gasteiger partial charge in [-0.05, 0) is 34.4 Å². The molecule has 0 saturated carbocycles. The van der Waals surface area contributed by atoms with Gasteiger partial charge in [-0.2, -0.15) is 4.31 Å². The van der Waals surface area contributed by atoms with Crippen LogP contribution in [0.5, 0.6) is 5.75 Å². The summed E-state index contributed by atoms with van der Waals surface area (Å²) < 4.78 is 32.0. The molecule has 8 nitrogen and oxygen atoms in total. The number of carbonyl (C=O) groups excluding carboxylic acids is 2. The summed E-state index contributed by atoms with van der Waals surface area (Å²) in [6.07, 6.45) is 1.35. The maximum atomic E-state index is 14.1. The van der Waals surface area contributed by atoms with Crippen LogP contribution in [0.4, 0.5) is 0 Å². The lowest BCUT2D eigenvalue weighted by Crippen LogP contribution is -2.53. The lowest BCUT2D eigenvalue weighted by Gasteiger charge is -2.33. The number of carbonyl (C=O) groups is 2. The van der Waals surface area contributed by atoms with E-state index in [-0.39, 0.29) is 32.0 Å². The van der Waals surface area contributed by atoms with Crippen molar-refractivity contribution in [1.29, 1.82) is 0 Å². The standard InChI is InChI=1S/C34H37N3O5S/c1-42-31-20-18-28(19-21-31)23-35-34(39)32(22-27-12-6-3-7-13-27)37(25-30-16-10-5-11-17-30)33(38)26-36(43(2,40)41)24-29-14-8-4-9-15-29/h3-21,32H,22-26H2,1-2H3,(H,35,39)/t32-/m0/s1. The molecule has 4 rings (SSSR count). The number of hydrogen-bond donors (Lipinski definition) is 1. The van der Waals surface area contributed by atoms with E-state index in [2.05, 4.69) is 5.32 Å². The molecule has 0 aliphatic rings. The molecular weight excluding hydrogens is 562 g/mol. The molecule has 0 heterocycles. The largest absolute Gasteiger partial charge is 0.497 e. The van der Waals surface area contributed by atoms with Crippen LogP contribution in [0.2, 0.25) is 0 Å². The number of nitrogens with zero attached hydrogens (tertiary/aromatic N) is 2. The summed E-state index contributed by atoms with van der Waals surface area (Å²) in [4.78, 5) is 29.5. The van der Waals surface area contributed by atoms with E-state index >= 15 is 0 Å². The van der Waals surface area contributed by atoms with E-state index in [4.69, 9.17) is 4.74 Å². The van der Waals surface area contributed by atoms with E-state index < -0.39 is 28.5 Å². The van der Waals surface area contributed by atoms with Gasteiger partial charge < -0.3 is 15.0 Å². The monoisotopic (exact) mass is 599 g/mol. The van der Waals surface area contributed by atoms with Crippen molar-refractivity contribution >= 4 is 21.8 Å².